The largest absolute Gasteiger partial charge is 0.477 e. The number of carbonyl (C=O) groups is 2. The molecule has 1 aromatic carbocycles. The Morgan fingerprint density at radius 1 is 1.35 bits per heavy atom. The number of hydrogen-bond acceptors (Lipinski definition) is 5. The highest BCUT2D eigenvalue weighted by Crippen LogP contribution is 2.32. The molecule has 168 valence electrons. The van der Waals surface area contributed by atoms with E-state index in [-0.39, 0.29) is 23.1 Å². The van der Waals surface area contributed by atoms with Gasteiger partial charge in [-0.25, -0.2) is 23.4 Å². The maximum atomic E-state index is 14.9. The Morgan fingerprint density at radius 2 is 2.06 bits per heavy atom. The van der Waals surface area contributed by atoms with Gasteiger partial charge in [-0.05, 0) is 57.4 Å². The minimum absolute atomic E-state index is 0.0548. The molecule has 1 aliphatic heterocycles. The molecule has 0 bridgehead atoms. The second-order valence-electron chi connectivity index (χ2n) is 8.62. The van der Waals surface area contributed by atoms with Crippen LogP contribution in [0.25, 0.3) is 10.9 Å². The number of nitrogens with one attached hydrogen (secondary N) is 1. The lowest BCUT2D eigenvalue weighted by Gasteiger charge is -2.37. The highest BCUT2D eigenvalue weighted by molar-refractivity contribution is 5.97. The van der Waals surface area contributed by atoms with Crippen molar-refractivity contribution in [1.82, 2.24) is 10.3 Å². The van der Waals surface area contributed by atoms with Gasteiger partial charge in [-0.15, -0.1) is 0 Å². The summed E-state index contributed by atoms with van der Waals surface area (Å²) >= 11 is 0. The highest BCUT2D eigenvalue weighted by Gasteiger charge is 2.33. The third kappa shape index (κ3) is 5.03. The van der Waals surface area contributed by atoms with Crippen molar-refractivity contribution >= 4 is 28.7 Å². The lowest BCUT2D eigenvalue weighted by Crippen LogP contribution is -2.53. The number of alkyl carbamates (subject to hydrolysis) is 1. The third-order valence-electron chi connectivity index (χ3n) is 5.16. The topological polar surface area (TPSA) is 91.8 Å². The molecule has 1 saturated heterocycles. The average Bonchev–Trinajstić information content (AvgIpc) is 2.67. The van der Waals surface area contributed by atoms with Crippen LogP contribution in [0, 0.1) is 5.82 Å². The quantitative estimate of drug-likeness (QED) is 0.752. The molecule has 1 fully saturated rings. The number of aromatic carboxylic acids is 1. The van der Waals surface area contributed by atoms with Gasteiger partial charge in [0.1, 0.15) is 17.6 Å². The van der Waals surface area contributed by atoms with Gasteiger partial charge < -0.3 is 20.1 Å². The molecule has 0 unspecified atom stereocenters. The molecule has 2 N–H and O–H groups in total. The molecule has 0 spiro atoms. The summed E-state index contributed by atoms with van der Waals surface area (Å²) in [7, 11) is 0. The number of aryl methyl sites for hydroxylation is 1. The van der Waals surface area contributed by atoms with Gasteiger partial charge in [0.2, 0.25) is 0 Å². The molecule has 2 atom stereocenters. The molecular weight excluding hydrogens is 408 g/mol. The molecule has 0 aliphatic carbocycles. The number of fused-ring (bicyclic) bond motifs is 1. The monoisotopic (exact) mass is 435 g/mol. The summed E-state index contributed by atoms with van der Waals surface area (Å²) in [4.78, 5) is 29.5. The second-order valence-corrected chi connectivity index (χ2v) is 8.62. The number of hydrogen-bond donors (Lipinski definition) is 2. The first-order valence-electron chi connectivity index (χ1n) is 10.2. The lowest BCUT2D eigenvalue weighted by molar-refractivity contribution is 0.0463. The third-order valence-corrected chi connectivity index (χ3v) is 5.16. The van der Waals surface area contributed by atoms with Crippen LogP contribution in [0.15, 0.2) is 18.2 Å². The van der Waals surface area contributed by atoms with Crippen LogP contribution >= 0.6 is 0 Å². The molecule has 0 saturated carbocycles. The van der Waals surface area contributed by atoms with Crippen LogP contribution < -0.4 is 10.2 Å². The van der Waals surface area contributed by atoms with Crippen molar-refractivity contribution in [1.29, 1.82) is 0 Å². The number of carbonyl (C=O) groups excluding carboxylic acids is 1. The fraction of sp³-hybridized carbons (Fsp3) is 0.500. The number of pyridine rings is 1. The Hall–Kier alpha value is -2.97. The summed E-state index contributed by atoms with van der Waals surface area (Å²) in [5.41, 5.74) is 0.245. The lowest BCUT2D eigenvalue weighted by atomic mass is 10.0. The van der Waals surface area contributed by atoms with Crippen LogP contribution in [0.3, 0.4) is 0 Å². The molecule has 31 heavy (non-hydrogen) atoms. The first-order valence-corrected chi connectivity index (χ1v) is 10.2. The summed E-state index contributed by atoms with van der Waals surface area (Å²) in [5.74, 6) is -1.71. The van der Waals surface area contributed by atoms with Crippen molar-refractivity contribution in [3.05, 3.63) is 35.3 Å². The number of carboxylic acid groups (broad SMARTS) is 1. The standard InChI is InChI=1S/C22H27F2N3O4/c1-5-12-10-13-14(23)6-7-17(19(13)26-18(12)20(28)29)27-9-8-16(15(24)11-27)25-21(30)31-22(2,3)4/h6-7,10,15-16H,5,8-9,11H2,1-4H3,(H,25,30)(H,28,29)/t15-,16+/m1/s1. The molecule has 1 aliphatic rings. The van der Waals surface area contributed by atoms with E-state index in [1.807, 2.05) is 0 Å². The zero-order chi connectivity index (χ0) is 22.9. The van der Waals surface area contributed by atoms with Crippen molar-refractivity contribution in [3.63, 3.8) is 0 Å². The number of alkyl halides is 1. The van der Waals surface area contributed by atoms with Crippen molar-refractivity contribution in [2.45, 2.75) is 58.4 Å². The number of benzene rings is 1. The van der Waals surface area contributed by atoms with Crippen LogP contribution in [0.1, 0.15) is 50.2 Å². The van der Waals surface area contributed by atoms with E-state index in [4.69, 9.17) is 4.74 Å². The van der Waals surface area contributed by atoms with E-state index in [0.29, 0.717) is 30.6 Å². The fourth-order valence-corrected chi connectivity index (χ4v) is 3.71. The van der Waals surface area contributed by atoms with Crippen molar-refractivity contribution in [2.24, 2.45) is 0 Å². The summed E-state index contributed by atoms with van der Waals surface area (Å²) in [5, 5.41) is 12.3. The molecule has 7 nitrogen and oxygen atoms in total. The van der Waals surface area contributed by atoms with E-state index in [1.165, 1.54) is 18.2 Å². The maximum absolute atomic E-state index is 14.9. The molecule has 0 radical (unpaired) electrons. The van der Waals surface area contributed by atoms with Crippen molar-refractivity contribution < 1.29 is 28.2 Å². The molecule has 2 aromatic rings. The van der Waals surface area contributed by atoms with Crippen LogP contribution in [-0.2, 0) is 11.2 Å². The highest BCUT2D eigenvalue weighted by atomic mass is 19.1. The summed E-state index contributed by atoms with van der Waals surface area (Å²) in [6.07, 6.45) is -1.38. The van der Waals surface area contributed by atoms with Gasteiger partial charge in [0.05, 0.1) is 23.8 Å². The Kier molecular flexibility index (Phi) is 6.33. The number of aromatic nitrogens is 1. The zero-order valence-corrected chi connectivity index (χ0v) is 18.0. The number of rotatable bonds is 4. The normalized spacial score (nSPS) is 19.4. The van der Waals surface area contributed by atoms with Crippen LogP contribution in [0.2, 0.25) is 0 Å². The van der Waals surface area contributed by atoms with Crippen molar-refractivity contribution in [3.8, 4) is 0 Å². The smallest absolute Gasteiger partial charge is 0.407 e. The molecule has 1 amide bonds. The number of halogens is 2. The van der Waals surface area contributed by atoms with Gasteiger partial charge in [-0.3, -0.25) is 0 Å². The number of amides is 1. The van der Waals surface area contributed by atoms with E-state index in [1.54, 1.807) is 32.6 Å². The predicted octanol–water partition coefficient (Wildman–Crippen LogP) is 4.08. The molecular formula is C22H27F2N3O4. The van der Waals surface area contributed by atoms with Crippen LogP contribution in [-0.4, -0.2) is 53.1 Å². The molecule has 2 heterocycles. The van der Waals surface area contributed by atoms with Crippen molar-refractivity contribution in [2.75, 3.05) is 18.0 Å². The predicted molar refractivity (Wildman–Crippen MR) is 113 cm³/mol. The minimum atomic E-state index is -1.39. The fourth-order valence-electron chi connectivity index (χ4n) is 3.71. The van der Waals surface area contributed by atoms with E-state index >= 15 is 0 Å². The Bertz CT molecular complexity index is 1010. The first-order chi connectivity index (χ1) is 14.5. The summed E-state index contributed by atoms with van der Waals surface area (Å²) in [6, 6.07) is 3.54. The Labute approximate surface area is 179 Å². The van der Waals surface area contributed by atoms with Gasteiger partial charge in [0.15, 0.2) is 5.69 Å². The van der Waals surface area contributed by atoms with E-state index in [0.717, 1.165) is 0 Å². The maximum Gasteiger partial charge on any atom is 0.407 e. The number of piperidine rings is 1. The summed E-state index contributed by atoms with van der Waals surface area (Å²) < 4.78 is 34.5. The number of ether oxygens (including phenoxy) is 1. The number of carboxylic acids is 1. The van der Waals surface area contributed by atoms with Crippen LogP contribution in [0.5, 0.6) is 0 Å². The molecule has 9 heteroatoms. The van der Waals surface area contributed by atoms with Crippen LogP contribution in [0.4, 0.5) is 19.3 Å². The number of anilines is 1. The Balaban J connectivity index is 1.86. The van der Waals surface area contributed by atoms with Gasteiger partial charge in [-0.2, -0.15) is 0 Å². The first kappa shape index (κ1) is 22.7. The minimum Gasteiger partial charge on any atom is -0.477 e. The Morgan fingerprint density at radius 3 is 2.65 bits per heavy atom. The van der Waals surface area contributed by atoms with Gasteiger partial charge in [-0.1, -0.05) is 6.92 Å². The van der Waals surface area contributed by atoms with E-state index < -0.39 is 35.7 Å². The molecule has 1 aromatic heterocycles. The van der Waals surface area contributed by atoms with Gasteiger partial charge in [0.25, 0.3) is 0 Å². The average molecular weight is 435 g/mol. The molecule has 3 rings (SSSR count). The van der Waals surface area contributed by atoms with Gasteiger partial charge in [0, 0.05) is 11.9 Å². The van der Waals surface area contributed by atoms with Gasteiger partial charge >= 0.3 is 12.1 Å². The second kappa shape index (κ2) is 8.64. The number of nitrogens with zero attached hydrogens (tertiary/aromatic N) is 2. The summed E-state index contributed by atoms with van der Waals surface area (Å²) in [6.45, 7) is 7.27. The van der Waals surface area contributed by atoms with E-state index in [2.05, 4.69) is 10.3 Å². The zero-order valence-electron chi connectivity index (χ0n) is 18.0. The SMILES string of the molecule is CCc1cc2c(F)ccc(N3CC[C@H](NC(=O)OC(C)(C)C)[C@H](F)C3)c2nc1C(=O)O. The van der Waals surface area contributed by atoms with E-state index in [9.17, 15) is 23.5 Å².